The second kappa shape index (κ2) is 2.37. The Bertz CT molecular complexity index is 337. The Balaban J connectivity index is 2.44. The molecule has 2 rings (SSSR count). The van der Waals surface area contributed by atoms with Crippen molar-refractivity contribution in [1.29, 1.82) is 0 Å². The van der Waals surface area contributed by atoms with Crippen LogP contribution in [-0.4, -0.2) is 17.5 Å². The summed E-state index contributed by atoms with van der Waals surface area (Å²) in [5.41, 5.74) is 6.10. The lowest BCUT2D eigenvalue weighted by Crippen LogP contribution is -2.25. The molecule has 2 heterocycles. The van der Waals surface area contributed by atoms with E-state index in [0.717, 1.165) is 0 Å². The maximum atomic E-state index is 10.8. The molecule has 1 aliphatic rings. The van der Waals surface area contributed by atoms with Gasteiger partial charge in [-0.3, -0.25) is 0 Å². The number of nitrogens with one attached hydrogen (secondary N) is 1. The van der Waals surface area contributed by atoms with E-state index >= 15 is 0 Å². The van der Waals surface area contributed by atoms with Crippen LogP contribution in [0.2, 0.25) is 0 Å². The van der Waals surface area contributed by atoms with E-state index in [1.165, 1.54) is 0 Å². The van der Waals surface area contributed by atoms with Gasteiger partial charge in [0.1, 0.15) is 12.4 Å². The zero-order valence-electron chi connectivity index (χ0n) is 6.20. The van der Waals surface area contributed by atoms with Crippen molar-refractivity contribution in [3.63, 3.8) is 0 Å². The number of esters is 1. The second-order valence-electron chi connectivity index (χ2n) is 2.42. The van der Waals surface area contributed by atoms with E-state index in [4.69, 9.17) is 10.5 Å². The van der Waals surface area contributed by atoms with Gasteiger partial charge >= 0.3 is 5.97 Å². The number of aromatic nitrogens is 1. The number of hydrogen-bond donors (Lipinski definition) is 2. The first kappa shape index (κ1) is 6.90. The standard InChI is InChI=1S/C7H7N3O2/c8-5-2-1-4-7(10-5)12-6(11)3-9-4/h1-2,9H,3H2,(H2,8,10). The number of carbonyl (C=O) groups excluding carboxylic acids is 1. The lowest BCUT2D eigenvalue weighted by atomic mass is 10.3. The number of ether oxygens (including phenoxy) is 1. The molecule has 5 heteroatoms. The van der Waals surface area contributed by atoms with Crippen molar-refractivity contribution in [3.05, 3.63) is 12.1 Å². The number of nitrogens with two attached hydrogens (primary N) is 1. The Morgan fingerprint density at radius 1 is 1.58 bits per heavy atom. The van der Waals surface area contributed by atoms with Gasteiger partial charge in [-0.2, -0.15) is 4.98 Å². The Morgan fingerprint density at radius 2 is 2.42 bits per heavy atom. The molecule has 1 aliphatic heterocycles. The summed E-state index contributed by atoms with van der Waals surface area (Å²) in [5, 5.41) is 2.85. The van der Waals surface area contributed by atoms with Crippen LogP contribution in [0.15, 0.2) is 12.1 Å². The molecule has 0 aliphatic carbocycles. The largest absolute Gasteiger partial charge is 0.404 e. The average molecular weight is 165 g/mol. The molecule has 12 heavy (non-hydrogen) atoms. The van der Waals surface area contributed by atoms with Crippen LogP contribution in [0.3, 0.4) is 0 Å². The maximum Gasteiger partial charge on any atom is 0.332 e. The van der Waals surface area contributed by atoms with Crippen molar-refractivity contribution in [2.45, 2.75) is 0 Å². The summed E-state index contributed by atoms with van der Waals surface area (Å²) < 4.78 is 4.82. The minimum Gasteiger partial charge on any atom is -0.404 e. The third-order valence-corrected chi connectivity index (χ3v) is 1.52. The van der Waals surface area contributed by atoms with Crippen LogP contribution in [0, 0.1) is 0 Å². The quantitative estimate of drug-likeness (QED) is 0.529. The van der Waals surface area contributed by atoms with Crippen LogP contribution >= 0.6 is 0 Å². The van der Waals surface area contributed by atoms with E-state index < -0.39 is 0 Å². The molecule has 0 atom stereocenters. The summed E-state index contributed by atoms with van der Waals surface area (Å²) in [4.78, 5) is 14.6. The predicted molar refractivity (Wildman–Crippen MR) is 42.8 cm³/mol. The topological polar surface area (TPSA) is 77.2 Å². The summed E-state index contributed by atoms with van der Waals surface area (Å²) in [6.45, 7) is 0.179. The number of nitrogen functional groups attached to an aromatic ring is 1. The third kappa shape index (κ3) is 1.05. The second-order valence-corrected chi connectivity index (χ2v) is 2.42. The van der Waals surface area contributed by atoms with Crippen molar-refractivity contribution in [3.8, 4) is 5.88 Å². The molecular weight excluding hydrogens is 158 g/mol. The highest BCUT2D eigenvalue weighted by atomic mass is 16.5. The van der Waals surface area contributed by atoms with Crippen molar-refractivity contribution < 1.29 is 9.53 Å². The zero-order chi connectivity index (χ0) is 8.55. The molecule has 0 aromatic carbocycles. The van der Waals surface area contributed by atoms with Crippen LogP contribution < -0.4 is 15.8 Å². The normalized spacial score (nSPS) is 14.5. The third-order valence-electron chi connectivity index (χ3n) is 1.52. The van der Waals surface area contributed by atoms with Gasteiger partial charge in [-0.05, 0) is 12.1 Å². The minimum absolute atomic E-state index is 0.179. The summed E-state index contributed by atoms with van der Waals surface area (Å²) in [6, 6.07) is 3.37. The monoisotopic (exact) mass is 165 g/mol. The van der Waals surface area contributed by atoms with E-state index in [1.807, 2.05) is 0 Å². The maximum absolute atomic E-state index is 10.8. The van der Waals surface area contributed by atoms with Crippen LogP contribution in [0.4, 0.5) is 11.5 Å². The Hall–Kier alpha value is -1.78. The van der Waals surface area contributed by atoms with Gasteiger partial charge in [0.05, 0.1) is 5.69 Å². The first-order valence-corrected chi connectivity index (χ1v) is 3.47. The van der Waals surface area contributed by atoms with Crippen molar-refractivity contribution in [2.75, 3.05) is 17.6 Å². The highest BCUT2D eigenvalue weighted by molar-refractivity contribution is 5.82. The summed E-state index contributed by atoms with van der Waals surface area (Å²) in [5.74, 6) is 0.247. The average Bonchev–Trinajstić information content (AvgIpc) is 2.03. The Kier molecular flexibility index (Phi) is 1.36. The van der Waals surface area contributed by atoms with Crippen LogP contribution in [-0.2, 0) is 4.79 Å². The fraction of sp³-hybridized carbons (Fsp3) is 0.143. The van der Waals surface area contributed by atoms with E-state index in [0.29, 0.717) is 11.5 Å². The van der Waals surface area contributed by atoms with Gasteiger partial charge in [0.25, 0.3) is 0 Å². The molecule has 5 nitrogen and oxygen atoms in total. The molecule has 3 N–H and O–H groups in total. The highest BCUT2D eigenvalue weighted by Gasteiger charge is 2.17. The number of nitrogens with zero attached hydrogens (tertiary/aromatic N) is 1. The molecule has 0 saturated carbocycles. The fourth-order valence-corrected chi connectivity index (χ4v) is 0.978. The Morgan fingerprint density at radius 3 is 3.25 bits per heavy atom. The van der Waals surface area contributed by atoms with E-state index in [1.54, 1.807) is 12.1 Å². The van der Waals surface area contributed by atoms with Gasteiger partial charge in [0.2, 0.25) is 5.88 Å². The molecule has 0 saturated heterocycles. The van der Waals surface area contributed by atoms with Gasteiger partial charge in [0.15, 0.2) is 0 Å². The molecule has 62 valence electrons. The lowest BCUT2D eigenvalue weighted by molar-refractivity contribution is -0.133. The first-order chi connectivity index (χ1) is 5.75. The summed E-state index contributed by atoms with van der Waals surface area (Å²) in [6.07, 6.45) is 0. The van der Waals surface area contributed by atoms with E-state index in [2.05, 4.69) is 10.3 Å². The molecule has 0 unspecified atom stereocenters. The molecule has 0 radical (unpaired) electrons. The molecule has 0 spiro atoms. The number of rotatable bonds is 0. The smallest absolute Gasteiger partial charge is 0.332 e. The predicted octanol–water partition coefficient (Wildman–Crippen LogP) is -0.00530. The number of carbonyl (C=O) groups is 1. The van der Waals surface area contributed by atoms with Gasteiger partial charge in [-0.1, -0.05) is 0 Å². The summed E-state index contributed by atoms with van der Waals surface area (Å²) >= 11 is 0. The van der Waals surface area contributed by atoms with Gasteiger partial charge in [-0.15, -0.1) is 0 Å². The first-order valence-electron chi connectivity index (χ1n) is 3.47. The van der Waals surface area contributed by atoms with Gasteiger partial charge < -0.3 is 15.8 Å². The molecule has 0 bridgehead atoms. The number of fused-ring (bicyclic) bond motifs is 1. The van der Waals surface area contributed by atoms with Crippen LogP contribution in [0.5, 0.6) is 5.88 Å². The van der Waals surface area contributed by atoms with Gasteiger partial charge in [0, 0.05) is 0 Å². The van der Waals surface area contributed by atoms with Crippen LogP contribution in [0.25, 0.3) is 0 Å². The van der Waals surface area contributed by atoms with Crippen molar-refractivity contribution in [1.82, 2.24) is 4.98 Å². The van der Waals surface area contributed by atoms with E-state index in [9.17, 15) is 4.79 Å². The fourth-order valence-electron chi connectivity index (χ4n) is 0.978. The zero-order valence-corrected chi connectivity index (χ0v) is 6.20. The molecule has 0 amide bonds. The van der Waals surface area contributed by atoms with Crippen molar-refractivity contribution >= 4 is 17.5 Å². The minimum atomic E-state index is -0.347. The molecule has 1 aromatic rings. The lowest BCUT2D eigenvalue weighted by Gasteiger charge is -2.15. The number of anilines is 2. The van der Waals surface area contributed by atoms with Gasteiger partial charge in [-0.25, -0.2) is 4.79 Å². The number of pyridine rings is 1. The highest BCUT2D eigenvalue weighted by Crippen LogP contribution is 2.25. The van der Waals surface area contributed by atoms with Crippen LogP contribution in [0.1, 0.15) is 0 Å². The molecule has 1 aromatic heterocycles. The number of hydrogen-bond acceptors (Lipinski definition) is 5. The molecular formula is C7H7N3O2. The van der Waals surface area contributed by atoms with Crippen molar-refractivity contribution in [2.24, 2.45) is 0 Å². The molecule has 0 fully saturated rings. The Labute approximate surface area is 68.5 Å². The SMILES string of the molecule is Nc1ccc2c(n1)OC(=O)CN2. The van der Waals surface area contributed by atoms with E-state index in [-0.39, 0.29) is 18.4 Å². The summed E-state index contributed by atoms with van der Waals surface area (Å²) in [7, 11) is 0.